The van der Waals surface area contributed by atoms with Crippen LogP contribution in [0.3, 0.4) is 0 Å². The van der Waals surface area contributed by atoms with Crippen LogP contribution < -0.4 is 10.5 Å². The smallest absolute Gasteiger partial charge is 0.316 e. The zero-order valence-corrected chi connectivity index (χ0v) is 8.71. The number of aromatic nitrogens is 2. The average Bonchev–Trinajstić information content (AvgIpc) is 2.28. The van der Waals surface area contributed by atoms with E-state index in [0.717, 1.165) is 11.1 Å². The number of phenolic OH excluding ortho intramolecular Hbond substituents is 1. The molecular formula is C11H11N3O2. The lowest BCUT2D eigenvalue weighted by atomic mass is 10.1. The van der Waals surface area contributed by atoms with Crippen molar-refractivity contribution in [1.82, 2.24) is 9.97 Å². The van der Waals surface area contributed by atoms with Gasteiger partial charge in [0.2, 0.25) is 0 Å². The van der Waals surface area contributed by atoms with E-state index in [0.29, 0.717) is 11.7 Å². The predicted octanol–water partition coefficient (Wildman–Crippen LogP) is 1.44. The molecule has 0 radical (unpaired) electrons. The number of aromatic hydroxyl groups is 1. The minimum Gasteiger partial charge on any atom is -0.508 e. The molecule has 0 amide bonds. The fraction of sp³-hybridized carbons (Fsp3) is 0.0909. The fourth-order valence-corrected chi connectivity index (χ4v) is 1.37. The lowest BCUT2D eigenvalue weighted by Crippen LogP contribution is -1.92. The summed E-state index contributed by atoms with van der Waals surface area (Å²) in [5, 5.41) is 9.41. The van der Waals surface area contributed by atoms with E-state index in [4.69, 9.17) is 10.5 Å². The van der Waals surface area contributed by atoms with Crippen molar-refractivity contribution in [3.8, 4) is 22.9 Å². The highest BCUT2D eigenvalue weighted by Crippen LogP contribution is 2.25. The van der Waals surface area contributed by atoms with Crippen molar-refractivity contribution in [2.24, 2.45) is 0 Å². The number of hydrogen-bond acceptors (Lipinski definition) is 5. The molecule has 0 fully saturated rings. The molecule has 0 unspecified atom stereocenters. The van der Waals surface area contributed by atoms with Gasteiger partial charge in [0, 0.05) is 29.7 Å². The Kier molecular flexibility index (Phi) is 2.59. The molecule has 82 valence electrons. The van der Waals surface area contributed by atoms with Crippen molar-refractivity contribution in [2.75, 3.05) is 12.8 Å². The molecule has 2 aromatic rings. The van der Waals surface area contributed by atoms with Gasteiger partial charge in [0.25, 0.3) is 0 Å². The molecule has 0 spiro atoms. The van der Waals surface area contributed by atoms with Crippen LogP contribution in [0.2, 0.25) is 0 Å². The molecule has 0 aliphatic rings. The first-order chi connectivity index (χ1) is 7.69. The number of ether oxygens (including phenoxy) is 1. The number of nitrogens with two attached hydrogens (primary N) is 1. The zero-order chi connectivity index (χ0) is 11.5. The van der Waals surface area contributed by atoms with Gasteiger partial charge in [0.1, 0.15) is 5.75 Å². The van der Waals surface area contributed by atoms with Crippen LogP contribution in [-0.4, -0.2) is 22.2 Å². The van der Waals surface area contributed by atoms with Crippen LogP contribution in [0.25, 0.3) is 11.1 Å². The Labute approximate surface area is 92.5 Å². The highest BCUT2D eigenvalue weighted by atomic mass is 16.5. The highest BCUT2D eigenvalue weighted by Gasteiger charge is 2.03. The molecule has 1 heterocycles. The largest absolute Gasteiger partial charge is 0.508 e. The van der Waals surface area contributed by atoms with Gasteiger partial charge in [-0.05, 0) is 17.7 Å². The summed E-state index contributed by atoms with van der Waals surface area (Å²) in [6, 6.07) is 5.12. The first-order valence-corrected chi connectivity index (χ1v) is 4.65. The van der Waals surface area contributed by atoms with Crippen LogP contribution in [0.15, 0.2) is 30.6 Å². The molecule has 0 aliphatic heterocycles. The quantitative estimate of drug-likeness (QED) is 0.744. The molecule has 5 heteroatoms. The van der Waals surface area contributed by atoms with Gasteiger partial charge < -0.3 is 15.6 Å². The fourth-order valence-electron chi connectivity index (χ4n) is 1.37. The summed E-state index contributed by atoms with van der Waals surface area (Å²) in [6.45, 7) is 0. The number of nitrogens with zero attached hydrogens (tertiary/aromatic N) is 2. The van der Waals surface area contributed by atoms with Crippen molar-refractivity contribution >= 4 is 5.69 Å². The van der Waals surface area contributed by atoms with Crippen LogP contribution in [0.1, 0.15) is 0 Å². The van der Waals surface area contributed by atoms with E-state index in [9.17, 15) is 5.11 Å². The number of benzene rings is 1. The Morgan fingerprint density at radius 3 is 2.38 bits per heavy atom. The third-order valence-electron chi connectivity index (χ3n) is 2.08. The van der Waals surface area contributed by atoms with Crippen molar-refractivity contribution in [1.29, 1.82) is 0 Å². The lowest BCUT2D eigenvalue weighted by Gasteiger charge is -2.04. The third kappa shape index (κ3) is 2.03. The van der Waals surface area contributed by atoms with E-state index in [2.05, 4.69) is 9.97 Å². The van der Waals surface area contributed by atoms with Gasteiger partial charge in [-0.25, -0.2) is 9.97 Å². The van der Waals surface area contributed by atoms with E-state index in [1.165, 1.54) is 13.2 Å². The Morgan fingerprint density at radius 1 is 1.12 bits per heavy atom. The summed E-state index contributed by atoms with van der Waals surface area (Å²) in [6.07, 6.45) is 3.22. The molecule has 2 rings (SSSR count). The second-order valence-corrected chi connectivity index (χ2v) is 3.27. The molecule has 0 bridgehead atoms. The van der Waals surface area contributed by atoms with Gasteiger partial charge in [-0.1, -0.05) is 0 Å². The third-order valence-corrected chi connectivity index (χ3v) is 2.08. The van der Waals surface area contributed by atoms with E-state index in [1.54, 1.807) is 24.5 Å². The molecule has 3 N–H and O–H groups in total. The predicted molar refractivity (Wildman–Crippen MR) is 60.1 cm³/mol. The Bertz CT molecular complexity index is 477. The van der Waals surface area contributed by atoms with Crippen LogP contribution in [-0.2, 0) is 0 Å². The normalized spacial score (nSPS) is 10.1. The summed E-state index contributed by atoms with van der Waals surface area (Å²) >= 11 is 0. The topological polar surface area (TPSA) is 81.3 Å². The van der Waals surface area contributed by atoms with Crippen LogP contribution >= 0.6 is 0 Å². The number of anilines is 1. The molecule has 0 saturated heterocycles. The lowest BCUT2D eigenvalue weighted by molar-refractivity contribution is 0.380. The monoisotopic (exact) mass is 217 g/mol. The van der Waals surface area contributed by atoms with Gasteiger partial charge in [-0.3, -0.25) is 0 Å². The molecule has 1 aromatic carbocycles. The number of nitrogen functional groups attached to an aromatic ring is 1. The standard InChI is InChI=1S/C11H11N3O2/c1-16-11-13-5-8(6-14-11)7-2-9(12)4-10(15)3-7/h2-6,15H,12H2,1H3. The van der Waals surface area contributed by atoms with E-state index in [-0.39, 0.29) is 5.75 Å². The summed E-state index contributed by atoms with van der Waals surface area (Å²) in [5.74, 6) is 0.116. The van der Waals surface area contributed by atoms with Gasteiger partial charge in [0.15, 0.2) is 0 Å². The molecule has 16 heavy (non-hydrogen) atoms. The minimum atomic E-state index is 0.116. The zero-order valence-electron chi connectivity index (χ0n) is 8.71. The Balaban J connectivity index is 2.42. The van der Waals surface area contributed by atoms with Gasteiger partial charge in [0.05, 0.1) is 7.11 Å². The molecule has 5 nitrogen and oxygen atoms in total. The number of methoxy groups -OCH3 is 1. The van der Waals surface area contributed by atoms with Gasteiger partial charge >= 0.3 is 6.01 Å². The second-order valence-electron chi connectivity index (χ2n) is 3.27. The summed E-state index contributed by atoms with van der Waals surface area (Å²) < 4.78 is 4.86. The Hall–Kier alpha value is -2.30. The van der Waals surface area contributed by atoms with Crippen LogP contribution in [0, 0.1) is 0 Å². The summed E-state index contributed by atoms with van der Waals surface area (Å²) in [7, 11) is 1.50. The molecule has 0 saturated carbocycles. The maximum absolute atomic E-state index is 9.41. The van der Waals surface area contributed by atoms with Crippen molar-refractivity contribution in [3.05, 3.63) is 30.6 Å². The maximum Gasteiger partial charge on any atom is 0.316 e. The molecule has 1 aromatic heterocycles. The SMILES string of the molecule is COc1ncc(-c2cc(N)cc(O)c2)cn1. The van der Waals surface area contributed by atoms with Crippen molar-refractivity contribution in [2.45, 2.75) is 0 Å². The summed E-state index contributed by atoms with van der Waals surface area (Å²) in [5.41, 5.74) is 7.65. The first-order valence-electron chi connectivity index (χ1n) is 4.65. The maximum atomic E-state index is 9.41. The second kappa shape index (κ2) is 4.06. The molecule has 0 aliphatic carbocycles. The first kappa shape index (κ1) is 10.2. The van der Waals surface area contributed by atoms with Gasteiger partial charge in [-0.2, -0.15) is 0 Å². The number of phenols is 1. The molecule has 0 atom stereocenters. The minimum absolute atomic E-state index is 0.116. The molecular weight excluding hydrogens is 206 g/mol. The van der Waals surface area contributed by atoms with Crippen LogP contribution in [0.5, 0.6) is 11.8 Å². The van der Waals surface area contributed by atoms with Crippen LogP contribution in [0.4, 0.5) is 5.69 Å². The number of rotatable bonds is 2. The van der Waals surface area contributed by atoms with Gasteiger partial charge in [-0.15, -0.1) is 0 Å². The van der Waals surface area contributed by atoms with Crippen molar-refractivity contribution < 1.29 is 9.84 Å². The average molecular weight is 217 g/mol. The highest BCUT2D eigenvalue weighted by molar-refractivity contribution is 5.68. The van der Waals surface area contributed by atoms with E-state index >= 15 is 0 Å². The van der Waals surface area contributed by atoms with Crippen molar-refractivity contribution in [3.63, 3.8) is 0 Å². The van der Waals surface area contributed by atoms with E-state index < -0.39 is 0 Å². The summed E-state index contributed by atoms with van der Waals surface area (Å²) in [4.78, 5) is 7.95. The number of hydrogen-bond donors (Lipinski definition) is 2. The van der Waals surface area contributed by atoms with E-state index in [1.807, 2.05) is 0 Å². The Morgan fingerprint density at radius 2 is 1.81 bits per heavy atom.